The first-order valence-electron chi connectivity index (χ1n) is 4.30. The minimum Gasteiger partial charge on any atom is -0.311 e. The fourth-order valence-electron chi connectivity index (χ4n) is 0.796. The van der Waals surface area contributed by atoms with E-state index in [4.69, 9.17) is 11.1 Å². The zero-order valence-electron chi connectivity index (χ0n) is 8.96. The van der Waals surface area contributed by atoms with Crippen LogP contribution in [0, 0.1) is 0 Å². The minimum atomic E-state index is -1.48. The largest absolute Gasteiger partial charge is 0.311 e. The number of rotatable bonds is 2. The van der Waals surface area contributed by atoms with Gasteiger partial charge in [0.1, 0.15) is 0 Å². The lowest BCUT2D eigenvalue weighted by Gasteiger charge is -2.29. The van der Waals surface area contributed by atoms with Crippen LogP contribution < -0.4 is 9.96 Å². The Morgan fingerprint density at radius 1 is 0.833 bits per heavy atom. The molecule has 0 atom stereocenters. The molecule has 0 aromatic heterocycles. The van der Waals surface area contributed by atoms with E-state index in [0.717, 1.165) is 0 Å². The molecule has 2 N–H and O–H groups in total. The molecule has 0 rings (SSSR count). The molecular weight excluding hydrogens is 188 g/mol. The predicted molar refractivity (Wildman–Crippen MR) is 58.8 cm³/mol. The van der Waals surface area contributed by atoms with E-state index in [1.807, 2.05) is 0 Å². The zero-order valence-corrected chi connectivity index (χ0v) is 10.9. The molecule has 0 aliphatic rings. The first-order valence-corrected chi connectivity index (χ1v) is 7.20. The Morgan fingerprint density at radius 2 is 1.08 bits per heavy atom. The fourth-order valence-corrected chi connectivity index (χ4v) is 4.35. The van der Waals surface area contributed by atoms with Crippen molar-refractivity contribution >= 4 is 19.5 Å². The summed E-state index contributed by atoms with van der Waals surface area (Å²) in [6.45, 7) is 12.7. The van der Waals surface area contributed by atoms with Crippen LogP contribution in [0.25, 0.3) is 0 Å². The van der Waals surface area contributed by atoms with E-state index in [2.05, 4.69) is 51.5 Å². The Hall–Kier alpha value is 0.427. The topological polar surface area (TPSA) is 24.1 Å². The molecule has 0 unspecified atom stereocenters. The molecule has 0 heterocycles. The second kappa shape index (κ2) is 4.09. The second-order valence-electron chi connectivity index (χ2n) is 5.15. The molecule has 0 amide bonds. The van der Waals surface area contributed by atoms with Gasteiger partial charge in [-0.1, -0.05) is 0 Å². The highest BCUT2D eigenvalue weighted by molar-refractivity contribution is 7.04. The number of hydrogen-bond donors (Lipinski definition) is 2. The number of hydrogen-bond acceptors (Lipinski definition) is 2. The van der Waals surface area contributed by atoms with Gasteiger partial charge in [-0.25, -0.2) is 0 Å². The van der Waals surface area contributed by atoms with E-state index >= 15 is 0 Å². The average Bonchev–Trinajstić information content (AvgIpc) is 1.49. The zero-order chi connectivity index (χ0) is 9.99. The van der Waals surface area contributed by atoms with Crippen molar-refractivity contribution in [3.05, 3.63) is 0 Å². The van der Waals surface area contributed by atoms with Crippen LogP contribution in [0.4, 0.5) is 0 Å². The van der Waals surface area contributed by atoms with Crippen molar-refractivity contribution in [2.24, 2.45) is 0 Å². The molecule has 4 heteroatoms. The summed E-state index contributed by atoms with van der Waals surface area (Å²) >= 11 is 6.17. The van der Waals surface area contributed by atoms with E-state index < -0.39 is 8.43 Å². The standard InChI is InChI=1S/C8H21ClN2Si/c1-7(2,3)10-12(9)11-8(4,5)6/h10-12H,1-6H3. The molecule has 0 saturated heterocycles. The monoisotopic (exact) mass is 208 g/mol. The van der Waals surface area contributed by atoms with Crippen molar-refractivity contribution in [2.75, 3.05) is 0 Å². The lowest BCUT2D eigenvalue weighted by atomic mass is 10.1. The van der Waals surface area contributed by atoms with Crippen LogP contribution in [0.1, 0.15) is 41.5 Å². The van der Waals surface area contributed by atoms with Crippen LogP contribution in [0.5, 0.6) is 0 Å². The molecule has 2 nitrogen and oxygen atoms in total. The van der Waals surface area contributed by atoms with Gasteiger partial charge in [0, 0.05) is 11.1 Å². The Kier molecular flexibility index (Phi) is 4.24. The van der Waals surface area contributed by atoms with Crippen LogP contribution in [0.15, 0.2) is 0 Å². The molecule has 12 heavy (non-hydrogen) atoms. The summed E-state index contributed by atoms with van der Waals surface area (Å²) in [7, 11) is -1.48. The van der Waals surface area contributed by atoms with Gasteiger partial charge < -0.3 is 9.96 Å². The van der Waals surface area contributed by atoms with Crippen molar-refractivity contribution in [1.82, 2.24) is 9.96 Å². The first kappa shape index (κ1) is 12.4. The summed E-state index contributed by atoms with van der Waals surface area (Å²) in [6, 6.07) is 0. The molecule has 0 aliphatic heterocycles. The molecule has 0 fully saturated rings. The highest BCUT2D eigenvalue weighted by Crippen LogP contribution is 2.04. The molecule has 0 bridgehead atoms. The van der Waals surface area contributed by atoms with Gasteiger partial charge >= 0.3 is 0 Å². The van der Waals surface area contributed by atoms with Gasteiger partial charge in [-0.3, -0.25) is 0 Å². The van der Waals surface area contributed by atoms with Gasteiger partial charge in [0.05, 0.1) is 0 Å². The predicted octanol–water partition coefficient (Wildman–Crippen LogP) is 1.72. The van der Waals surface area contributed by atoms with Crippen molar-refractivity contribution < 1.29 is 0 Å². The smallest absolute Gasteiger partial charge is 0.287 e. The van der Waals surface area contributed by atoms with Gasteiger partial charge in [0.15, 0.2) is 0 Å². The number of nitrogens with one attached hydrogen (secondary N) is 2. The quantitative estimate of drug-likeness (QED) is 0.534. The second-order valence-corrected chi connectivity index (χ2v) is 7.76. The van der Waals surface area contributed by atoms with Gasteiger partial charge in [-0.15, -0.1) is 11.1 Å². The SMILES string of the molecule is CC(C)(C)N[SiH](Cl)NC(C)(C)C. The molecule has 74 valence electrons. The lowest BCUT2D eigenvalue weighted by Crippen LogP contribution is -2.57. The van der Waals surface area contributed by atoms with Crippen molar-refractivity contribution in [3.63, 3.8) is 0 Å². The van der Waals surface area contributed by atoms with Crippen LogP contribution >= 0.6 is 11.1 Å². The van der Waals surface area contributed by atoms with E-state index in [1.54, 1.807) is 0 Å². The highest BCUT2D eigenvalue weighted by Gasteiger charge is 2.21. The maximum atomic E-state index is 6.17. The molecule has 0 spiro atoms. The third kappa shape index (κ3) is 8.52. The van der Waals surface area contributed by atoms with Crippen LogP contribution in [-0.4, -0.2) is 19.5 Å². The van der Waals surface area contributed by atoms with E-state index in [1.165, 1.54) is 0 Å². The van der Waals surface area contributed by atoms with Gasteiger partial charge in [0.25, 0.3) is 8.43 Å². The molecular formula is C8H21ClN2Si. The van der Waals surface area contributed by atoms with Crippen molar-refractivity contribution in [2.45, 2.75) is 52.6 Å². The van der Waals surface area contributed by atoms with Crippen LogP contribution in [-0.2, 0) is 0 Å². The summed E-state index contributed by atoms with van der Waals surface area (Å²) < 4.78 is 0. The van der Waals surface area contributed by atoms with Crippen LogP contribution in [0.2, 0.25) is 0 Å². The van der Waals surface area contributed by atoms with Gasteiger partial charge in [-0.05, 0) is 41.5 Å². The van der Waals surface area contributed by atoms with E-state index in [-0.39, 0.29) is 11.1 Å². The summed E-state index contributed by atoms with van der Waals surface area (Å²) in [4.78, 5) is 6.74. The summed E-state index contributed by atoms with van der Waals surface area (Å²) in [5.41, 5.74) is 0.216. The molecule has 0 aliphatic carbocycles. The first-order chi connectivity index (χ1) is 5.10. The lowest BCUT2D eigenvalue weighted by molar-refractivity contribution is 0.482. The molecule has 0 radical (unpaired) electrons. The molecule has 0 aromatic rings. The van der Waals surface area contributed by atoms with Crippen molar-refractivity contribution in [1.29, 1.82) is 0 Å². The summed E-state index contributed by atoms with van der Waals surface area (Å²) in [6.07, 6.45) is 0. The van der Waals surface area contributed by atoms with E-state index in [0.29, 0.717) is 0 Å². The van der Waals surface area contributed by atoms with E-state index in [9.17, 15) is 0 Å². The summed E-state index contributed by atoms with van der Waals surface area (Å²) in [5, 5.41) is 0. The Balaban J connectivity index is 3.83. The Bertz CT molecular complexity index is 121. The average molecular weight is 209 g/mol. The molecule has 0 saturated carbocycles. The Labute approximate surface area is 82.5 Å². The van der Waals surface area contributed by atoms with Gasteiger partial charge in [-0.2, -0.15) is 0 Å². The maximum absolute atomic E-state index is 6.17. The fraction of sp³-hybridized carbons (Fsp3) is 1.00. The van der Waals surface area contributed by atoms with Gasteiger partial charge in [0.2, 0.25) is 0 Å². The number of halogens is 1. The van der Waals surface area contributed by atoms with Crippen LogP contribution in [0.3, 0.4) is 0 Å². The molecule has 0 aromatic carbocycles. The Morgan fingerprint density at radius 3 is 1.25 bits per heavy atom. The normalized spacial score (nSPS) is 14.0. The minimum absolute atomic E-state index is 0.108. The maximum Gasteiger partial charge on any atom is 0.287 e. The third-order valence-electron chi connectivity index (χ3n) is 1.12. The van der Waals surface area contributed by atoms with Crippen molar-refractivity contribution in [3.8, 4) is 0 Å². The highest BCUT2D eigenvalue weighted by atomic mass is 35.6. The summed E-state index contributed by atoms with van der Waals surface area (Å²) in [5.74, 6) is 0. The third-order valence-corrected chi connectivity index (χ3v) is 4.01.